The second-order valence-electron chi connectivity index (χ2n) is 3.45. The van der Waals surface area contributed by atoms with Crippen LogP contribution < -0.4 is 5.32 Å². The molecule has 82 valence electrons. The van der Waals surface area contributed by atoms with E-state index in [1.54, 1.807) is 12.4 Å². The third-order valence-electron chi connectivity index (χ3n) is 2.22. The lowest BCUT2D eigenvalue weighted by molar-refractivity contribution is -0.137. The Morgan fingerprint density at radius 3 is 2.80 bits per heavy atom. The van der Waals surface area contributed by atoms with Crippen LogP contribution >= 0.6 is 0 Å². The van der Waals surface area contributed by atoms with Gasteiger partial charge < -0.3 is 10.4 Å². The Kier molecular flexibility index (Phi) is 4.77. The molecule has 0 saturated carbocycles. The van der Waals surface area contributed by atoms with E-state index in [9.17, 15) is 4.79 Å². The molecule has 0 aliphatic heterocycles. The molecule has 0 amide bonds. The summed E-state index contributed by atoms with van der Waals surface area (Å²) in [7, 11) is 0. The Morgan fingerprint density at radius 1 is 1.53 bits per heavy atom. The minimum absolute atomic E-state index is 0.218. The Labute approximate surface area is 89.3 Å². The molecule has 0 aromatic carbocycles. The fraction of sp³-hybridized carbons (Fsp3) is 0.455. The number of carboxylic acid groups (broad SMARTS) is 1. The summed E-state index contributed by atoms with van der Waals surface area (Å²) in [5, 5.41) is 11.7. The molecule has 1 rings (SSSR count). The zero-order valence-electron chi connectivity index (χ0n) is 8.81. The maximum absolute atomic E-state index is 10.3. The van der Waals surface area contributed by atoms with E-state index in [-0.39, 0.29) is 12.5 Å². The third-order valence-corrected chi connectivity index (χ3v) is 2.22. The van der Waals surface area contributed by atoms with Gasteiger partial charge in [0.15, 0.2) is 0 Å². The van der Waals surface area contributed by atoms with E-state index in [1.165, 1.54) is 5.56 Å². The van der Waals surface area contributed by atoms with Crippen LogP contribution in [0, 0.1) is 0 Å². The predicted molar refractivity (Wildman–Crippen MR) is 57.5 cm³/mol. The first-order valence-corrected chi connectivity index (χ1v) is 5.05. The number of aliphatic carboxylic acids is 1. The molecule has 1 heterocycles. The van der Waals surface area contributed by atoms with Crippen molar-refractivity contribution in [1.29, 1.82) is 0 Å². The number of aromatic nitrogens is 1. The topological polar surface area (TPSA) is 62.2 Å². The monoisotopic (exact) mass is 208 g/mol. The lowest BCUT2D eigenvalue weighted by Crippen LogP contribution is -2.20. The number of nitrogens with zero attached hydrogens (tertiary/aromatic N) is 1. The molecular formula is C11H16N2O2. The van der Waals surface area contributed by atoms with Crippen LogP contribution in [0.15, 0.2) is 24.5 Å². The van der Waals surface area contributed by atoms with Gasteiger partial charge in [0.05, 0.1) is 0 Å². The van der Waals surface area contributed by atoms with Crippen molar-refractivity contribution in [2.45, 2.75) is 25.8 Å². The van der Waals surface area contributed by atoms with Crippen molar-refractivity contribution in [2.24, 2.45) is 0 Å². The van der Waals surface area contributed by atoms with Gasteiger partial charge in [-0.2, -0.15) is 0 Å². The summed E-state index contributed by atoms with van der Waals surface area (Å²) in [6.45, 7) is 2.77. The lowest BCUT2D eigenvalue weighted by Gasteiger charge is -2.13. The second-order valence-corrected chi connectivity index (χ2v) is 3.45. The average Bonchev–Trinajstić information content (AvgIpc) is 2.25. The number of pyridine rings is 1. The normalized spacial score (nSPS) is 12.3. The van der Waals surface area contributed by atoms with Crippen LogP contribution in [0.3, 0.4) is 0 Å². The van der Waals surface area contributed by atoms with E-state index in [2.05, 4.69) is 17.2 Å². The highest BCUT2D eigenvalue weighted by Crippen LogP contribution is 2.09. The Morgan fingerprint density at radius 2 is 2.20 bits per heavy atom. The number of carboxylic acids is 1. The fourth-order valence-corrected chi connectivity index (χ4v) is 1.33. The summed E-state index contributed by atoms with van der Waals surface area (Å²) >= 11 is 0. The van der Waals surface area contributed by atoms with Gasteiger partial charge in [0.2, 0.25) is 0 Å². The molecule has 0 aliphatic rings. The first-order valence-electron chi connectivity index (χ1n) is 5.05. The van der Waals surface area contributed by atoms with Crippen LogP contribution in [0.4, 0.5) is 0 Å². The molecule has 1 aromatic heterocycles. The molecular weight excluding hydrogens is 192 g/mol. The van der Waals surface area contributed by atoms with Crippen molar-refractivity contribution in [1.82, 2.24) is 10.3 Å². The third kappa shape index (κ3) is 4.56. The molecule has 0 saturated heterocycles. The molecule has 0 fully saturated rings. The molecule has 2 N–H and O–H groups in total. The maximum atomic E-state index is 10.3. The van der Waals surface area contributed by atoms with Gasteiger partial charge in [-0.1, -0.05) is 0 Å². The van der Waals surface area contributed by atoms with Crippen LogP contribution in [-0.4, -0.2) is 22.6 Å². The van der Waals surface area contributed by atoms with E-state index < -0.39 is 5.97 Å². The molecule has 1 atom stereocenters. The van der Waals surface area contributed by atoms with E-state index in [0.29, 0.717) is 6.42 Å². The molecule has 15 heavy (non-hydrogen) atoms. The quantitative estimate of drug-likeness (QED) is 0.697. The van der Waals surface area contributed by atoms with Crippen LogP contribution in [0.25, 0.3) is 0 Å². The summed E-state index contributed by atoms with van der Waals surface area (Å²) in [4.78, 5) is 14.2. The van der Waals surface area contributed by atoms with Crippen LogP contribution in [-0.2, 0) is 4.79 Å². The van der Waals surface area contributed by atoms with E-state index in [0.717, 1.165) is 6.54 Å². The zero-order chi connectivity index (χ0) is 11.1. The summed E-state index contributed by atoms with van der Waals surface area (Å²) < 4.78 is 0. The van der Waals surface area contributed by atoms with Gasteiger partial charge in [-0.3, -0.25) is 9.78 Å². The van der Waals surface area contributed by atoms with Gasteiger partial charge in [0.25, 0.3) is 0 Å². The van der Waals surface area contributed by atoms with Gasteiger partial charge in [0.1, 0.15) is 0 Å². The highest BCUT2D eigenvalue weighted by molar-refractivity contribution is 5.66. The van der Waals surface area contributed by atoms with Gasteiger partial charge in [-0.05, 0) is 37.6 Å². The highest BCUT2D eigenvalue weighted by Gasteiger charge is 2.03. The number of carbonyl (C=O) groups is 1. The summed E-state index contributed by atoms with van der Waals surface area (Å²) in [6, 6.07) is 4.14. The standard InChI is InChI=1S/C11H16N2O2/c1-9(10-4-7-12-8-5-10)13-6-2-3-11(14)15/h4-5,7-9,13H,2-3,6H2,1H3,(H,14,15)/t9-/m0/s1. The molecule has 1 aromatic rings. The van der Waals surface area contributed by atoms with Crippen molar-refractivity contribution in [2.75, 3.05) is 6.54 Å². The smallest absolute Gasteiger partial charge is 0.303 e. The predicted octanol–water partition coefficient (Wildman–Crippen LogP) is 1.60. The molecule has 0 unspecified atom stereocenters. The maximum Gasteiger partial charge on any atom is 0.303 e. The van der Waals surface area contributed by atoms with E-state index >= 15 is 0 Å². The molecule has 4 nitrogen and oxygen atoms in total. The van der Waals surface area contributed by atoms with Crippen molar-refractivity contribution >= 4 is 5.97 Å². The number of hydrogen-bond donors (Lipinski definition) is 2. The average molecular weight is 208 g/mol. The number of hydrogen-bond acceptors (Lipinski definition) is 3. The first kappa shape index (κ1) is 11.7. The summed E-state index contributed by atoms with van der Waals surface area (Å²) in [6.07, 6.45) is 4.39. The minimum Gasteiger partial charge on any atom is -0.481 e. The van der Waals surface area contributed by atoms with Gasteiger partial charge in [-0.25, -0.2) is 0 Å². The van der Waals surface area contributed by atoms with Crippen LogP contribution in [0.2, 0.25) is 0 Å². The van der Waals surface area contributed by atoms with Crippen molar-refractivity contribution in [3.63, 3.8) is 0 Å². The first-order chi connectivity index (χ1) is 7.20. The number of rotatable bonds is 6. The minimum atomic E-state index is -0.742. The summed E-state index contributed by atoms with van der Waals surface area (Å²) in [5.41, 5.74) is 1.17. The summed E-state index contributed by atoms with van der Waals surface area (Å²) in [5.74, 6) is -0.742. The van der Waals surface area contributed by atoms with E-state index in [1.807, 2.05) is 12.1 Å². The SMILES string of the molecule is C[C@H](NCCCC(=O)O)c1ccncc1. The van der Waals surface area contributed by atoms with Crippen molar-refractivity contribution in [3.8, 4) is 0 Å². The van der Waals surface area contributed by atoms with Gasteiger partial charge in [-0.15, -0.1) is 0 Å². The molecule has 0 bridgehead atoms. The molecule has 0 spiro atoms. The van der Waals surface area contributed by atoms with Crippen LogP contribution in [0.5, 0.6) is 0 Å². The number of nitrogens with one attached hydrogen (secondary N) is 1. The van der Waals surface area contributed by atoms with E-state index in [4.69, 9.17) is 5.11 Å². The molecule has 0 radical (unpaired) electrons. The van der Waals surface area contributed by atoms with Gasteiger partial charge in [0, 0.05) is 24.9 Å². The Balaban J connectivity index is 2.25. The zero-order valence-corrected chi connectivity index (χ0v) is 8.81. The highest BCUT2D eigenvalue weighted by atomic mass is 16.4. The van der Waals surface area contributed by atoms with Gasteiger partial charge >= 0.3 is 5.97 Å². The van der Waals surface area contributed by atoms with Crippen molar-refractivity contribution < 1.29 is 9.90 Å². The van der Waals surface area contributed by atoms with Crippen LogP contribution in [0.1, 0.15) is 31.4 Å². The Hall–Kier alpha value is -1.42. The lowest BCUT2D eigenvalue weighted by atomic mass is 10.1. The largest absolute Gasteiger partial charge is 0.481 e. The molecule has 4 heteroatoms. The Bertz CT molecular complexity index is 301. The molecule has 0 aliphatic carbocycles. The second kappa shape index (κ2) is 6.14. The van der Waals surface area contributed by atoms with Crippen molar-refractivity contribution in [3.05, 3.63) is 30.1 Å². The fourth-order valence-electron chi connectivity index (χ4n) is 1.33.